The van der Waals surface area contributed by atoms with Crippen molar-refractivity contribution in [2.75, 3.05) is 12.4 Å². The molecule has 1 aromatic heterocycles. The predicted octanol–water partition coefficient (Wildman–Crippen LogP) is 2.81. The van der Waals surface area contributed by atoms with Crippen molar-refractivity contribution in [3.8, 4) is 6.07 Å². The second kappa shape index (κ2) is 7.19. The molecule has 1 aromatic rings. The number of carbonyl (C=O) groups is 1. The number of esters is 1. The molecule has 0 aliphatic rings. The van der Waals surface area contributed by atoms with Crippen LogP contribution >= 0.6 is 23.1 Å². The topological polar surface area (TPSA) is 75.0 Å². The van der Waals surface area contributed by atoms with Crippen molar-refractivity contribution < 1.29 is 9.53 Å². The number of hydrogen-bond acceptors (Lipinski definition) is 6. The van der Waals surface area contributed by atoms with Crippen LogP contribution in [0.15, 0.2) is 0 Å². The summed E-state index contributed by atoms with van der Waals surface area (Å²) >= 11 is 6.91. The maximum absolute atomic E-state index is 11.3. The van der Waals surface area contributed by atoms with Crippen molar-refractivity contribution in [2.45, 2.75) is 32.2 Å². The Kier molecular flexibility index (Phi) is 5.89. The Labute approximate surface area is 115 Å². The minimum absolute atomic E-state index is 0.0777. The molecule has 0 aliphatic carbocycles. The van der Waals surface area contributed by atoms with E-state index in [2.05, 4.69) is 14.4 Å². The zero-order valence-corrected chi connectivity index (χ0v) is 11.8. The average Bonchev–Trinajstić information content (AvgIpc) is 2.69. The summed E-state index contributed by atoms with van der Waals surface area (Å²) in [7, 11) is 1.36. The number of ether oxygens (including phenoxy) is 1. The van der Waals surface area contributed by atoms with Crippen LogP contribution in [-0.2, 0) is 9.53 Å². The lowest BCUT2D eigenvalue weighted by Crippen LogP contribution is -2.23. The standard InChI is InChI=1S/C11H14ClN3O2S/c1-3-4-7(5-9(16)17-2)14-11-8(6-13)10(12)15-18-11/h7,14H,3-5H2,1-2H3. The molecule has 1 N–H and O–H groups in total. The molecule has 0 saturated carbocycles. The smallest absolute Gasteiger partial charge is 0.307 e. The van der Waals surface area contributed by atoms with Gasteiger partial charge in [0, 0.05) is 6.04 Å². The Balaban J connectivity index is 2.76. The van der Waals surface area contributed by atoms with E-state index in [9.17, 15) is 4.79 Å². The van der Waals surface area contributed by atoms with Crippen molar-refractivity contribution in [3.63, 3.8) is 0 Å². The van der Waals surface area contributed by atoms with Gasteiger partial charge in [-0.1, -0.05) is 24.9 Å². The van der Waals surface area contributed by atoms with E-state index >= 15 is 0 Å². The van der Waals surface area contributed by atoms with Gasteiger partial charge in [0.2, 0.25) is 0 Å². The lowest BCUT2D eigenvalue weighted by atomic mass is 10.1. The fourth-order valence-electron chi connectivity index (χ4n) is 1.51. The van der Waals surface area contributed by atoms with Crippen LogP contribution in [0, 0.1) is 11.3 Å². The van der Waals surface area contributed by atoms with Crippen LogP contribution in [0.3, 0.4) is 0 Å². The van der Waals surface area contributed by atoms with Crippen molar-refractivity contribution in [1.29, 1.82) is 5.26 Å². The highest BCUT2D eigenvalue weighted by Gasteiger charge is 2.18. The van der Waals surface area contributed by atoms with Crippen molar-refractivity contribution >= 4 is 34.1 Å². The van der Waals surface area contributed by atoms with E-state index in [4.69, 9.17) is 16.9 Å². The van der Waals surface area contributed by atoms with E-state index in [1.807, 2.05) is 13.0 Å². The second-order valence-corrected chi connectivity index (χ2v) is 4.83. The van der Waals surface area contributed by atoms with Crippen LogP contribution < -0.4 is 5.32 Å². The highest BCUT2D eigenvalue weighted by Crippen LogP contribution is 2.29. The van der Waals surface area contributed by atoms with E-state index in [1.165, 1.54) is 7.11 Å². The van der Waals surface area contributed by atoms with Crippen LogP contribution in [0.4, 0.5) is 5.00 Å². The molecule has 1 rings (SSSR count). The summed E-state index contributed by atoms with van der Waals surface area (Å²) < 4.78 is 8.55. The third-order valence-electron chi connectivity index (χ3n) is 2.38. The number of nitriles is 1. The normalized spacial score (nSPS) is 11.7. The maximum Gasteiger partial charge on any atom is 0.307 e. The van der Waals surface area contributed by atoms with Gasteiger partial charge < -0.3 is 10.1 Å². The molecule has 0 radical (unpaired) electrons. The SMILES string of the molecule is CCCC(CC(=O)OC)Nc1snc(Cl)c1C#N. The summed E-state index contributed by atoms with van der Waals surface area (Å²) in [5, 5.41) is 12.9. The molecule has 0 aliphatic heterocycles. The molecule has 0 bridgehead atoms. The minimum Gasteiger partial charge on any atom is -0.469 e. The van der Waals surface area contributed by atoms with Crippen LogP contribution in [0.2, 0.25) is 5.15 Å². The first-order valence-electron chi connectivity index (χ1n) is 5.51. The molecule has 0 aromatic carbocycles. The third-order valence-corrected chi connectivity index (χ3v) is 3.53. The van der Waals surface area contributed by atoms with Crippen molar-refractivity contribution in [2.24, 2.45) is 0 Å². The Morgan fingerprint density at radius 1 is 1.72 bits per heavy atom. The van der Waals surface area contributed by atoms with Gasteiger partial charge in [-0.25, -0.2) is 0 Å². The van der Waals surface area contributed by atoms with Crippen molar-refractivity contribution in [3.05, 3.63) is 10.7 Å². The van der Waals surface area contributed by atoms with Gasteiger partial charge in [0.1, 0.15) is 16.6 Å². The monoisotopic (exact) mass is 287 g/mol. The molecular weight excluding hydrogens is 274 g/mol. The zero-order valence-electron chi connectivity index (χ0n) is 10.2. The van der Waals surface area contributed by atoms with Gasteiger partial charge in [0.05, 0.1) is 13.5 Å². The molecule has 18 heavy (non-hydrogen) atoms. The quantitative estimate of drug-likeness (QED) is 0.814. The molecule has 0 amide bonds. The fourth-order valence-corrected chi connectivity index (χ4v) is 2.52. The van der Waals surface area contributed by atoms with Gasteiger partial charge >= 0.3 is 5.97 Å². The summed E-state index contributed by atoms with van der Waals surface area (Å²) in [4.78, 5) is 11.3. The zero-order chi connectivity index (χ0) is 13.5. The van der Waals surface area contributed by atoms with E-state index in [-0.39, 0.29) is 23.6 Å². The highest BCUT2D eigenvalue weighted by molar-refractivity contribution is 7.10. The van der Waals surface area contributed by atoms with Gasteiger partial charge in [0.15, 0.2) is 5.15 Å². The molecule has 7 heteroatoms. The van der Waals surface area contributed by atoms with Crippen LogP contribution in [-0.4, -0.2) is 23.5 Å². The number of carbonyl (C=O) groups excluding carboxylic acids is 1. The lowest BCUT2D eigenvalue weighted by molar-refractivity contribution is -0.140. The number of methoxy groups -OCH3 is 1. The first-order chi connectivity index (χ1) is 8.62. The van der Waals surface area contributed by atoms with Gasteiger partial charge in [-0.2, -0.15) is 9.64 Å². The number of nitrogens with one attached hydrogen (secondary N) is 1. The Hall–Kier alpha value is -1.32. The molecule has 0 fully saturated rings. The third kappa shape index (κ3) is 3.86. The fraction of sp³-hybridized carbons (Fsp3) is 0.545. The van der Waals surface area contributed by atoms with E-state index in [1.54, 1.807) is 0 Å². The van der Waals surface area contributed by atoms with Gasteiger partial charge in [-0.05, 0) is 18.0 Å². The van der Waals surface area contributed by atoms with Crippen molar-refractivity contribution in [1.82, 2.24) is 4.37 Å². The highest BCUT2D eigenvalue weighted by atomic mass is 35.5. The number of hydrogen-bond donors (Lipinski definition) is 1. The van der Waals surface area contributed by atoms with Crippen LogP contribution in [0.1, 0.15) is 31.7 Å². The van der Waals surface area contributed by atoms with Gasteiger partial charge in [0.25, 0.3) is 0 Å². The predicted molar refractivity (Wildman–Crippen MR) is 70.8 cm³/mol. The molecule has 5 nitrogen and oxygen atoms in total. The summed E-state index contributed by atoms with van der Waals surface area (Å²) in [5.74, 6) is -0.282. The lowest BCUT2D eigenvalue weighted by Gasteiger charge is -2.16. The molecule has 1 atom stereocenters. The summed E-state index contributed by atoms with van der Waals surface area (Å²) in [6.07, 6.45) is 1.98. The molecule has 0 saturated heterocycles. The molecular formula is C11H14ClN3O2S. The number of anilines is 1. The summed E-state index contributed by atoms with van der Waals surface area (Å²) in [6, 6.07) is 1.92. The molecule has 1 heterocycles. The minimum atomic E-state index is -0.282. The Morgan fingerprint density at radius 3 is 3.00 bits per heavy atom. The second-order valence-electron chi connectivity index (χ2n) is 3.70. The molecule has 0 spiro atoms. The summed E-state index contributed by atoms with van der Waals surface area (Å²) in [5.41, 5.74) is 0.327. The Morgan fingerprint density at radius 2 is 2.44 bits per heavy atom. The van der Waals surface area contributed by atoms with Crippen LogP contribution in [0.25, 0.3) is 0 Å². The first kappa shape index (κ1) is 14.7. The molecule has 98 valence electrons. The number of nitrogens with zero attached hydrogens (tertiary/aromatic N) is 2. The maximum atomic E-state index is 11.3. The van der Waals surface area contributed by atoms with Gasteiger partial charge in [-0.3, -0.25) is 4.79 Å². The largest absolute Gasteiger partial charge is 0.469 e. The Bertz CT molecular complexity index is 456. The first-order valence-corrected chi connectivity index (χ1v) is 6.66. The van der Waals surface area contributed by atoms with E-state index in [0.717, 1.165) is 24.4 Å². The van der Waals surface area contributed by atoms with E-state index in [0.29, 0.717) is 10.6 Å². The number of aromatic nitrogens is 1. The average molecular weight is 288 g/mol. The van der Waals surface area contributed by atoms with E-state index < -0.39 is 0 Å². The number of rotatable bonds is 6. The summed E-state index contributed by atoms with van der Waals surface area (Å²) in [6.45, 7) is 2.02. The molecule has 1 unspecified atom stereocenters. The van der Waals surface area contributed by atoms with Gasteiger partial charge in [-0.15, -0.1) is 0 Å². The van der Waals surface area contributed by atoms with Crippen LogP contribution in [0.5, 0.6) is 0 Å². The number of halogens is 1.